The van der Waals surface area contributed by atoms with Crippen molar-refractivity contribution in [1.29, 1.82) is 0 Å². The van der Waals surface area contributed by atoms with Crippen molar-refractivity contribution in [3.63, 3.8) is 0 Å². The SMILES string of the molecule is NNC(c1ccc2c(c1)OCCCO2)C1CCCOC1. The van der Waals surface area contributed by atoms with Crippen molar-refractivity contribution in [3.8, 4) is 11.5 Å². The van der Waals surface area contributed by atoms with E-state index in [0.717, 1.165) is 49.5 Å². The Morgan fingerprint density at radius 2 is 1.95 bits per heavy atom. The number of hydrazine groups is 1. The molecule has 3 N–H and O–H groups in total. The molecule has 2 aliphatic rings. The van der Waals surface area contributed by atoms with E-state index in [1.807, 2.05) is 12.1 Å². The van der Waals surface area contributed by atoms with Gasteiger partial charge >= 0.3 is 0 Å². The van der Waals surface area contributed by atoms with E-state index in [1.165, 1.54) is 0 Å². The normalized spacial score (nSPS) is 23.9. The molecule has 1 aromatic carbocycles. The number of nitrogens with one attached hydrogen (secondary N) is 1. The predicted molar refractivity (Wildman–Crippen MR) is 75.7 cm³/mol. The molecule has 1 saturated heterocycles. The zero-order valence-corrected chi connectivity index (χ0v) is 11.6. The first-order valence-corrected chi connectivity index (χ1v) is 7.32. The van der Waals surface area contributed by atoms with Crippen LogP contribution < -0.4 is 20.7 Å². The summed E-state index contributed by atoms with van der Waals surface area (Å²) in [5, 5.41) is 0. The predicted octanol–water partition coefficient (Wildman–Crippen LogP) is 1.78. The molecule has 0 aromatic heterocycles. The Hall–Kier alpha value is -1.30. The fourth-order valence-electron chi connectivity index (χ4n) is 2.91. The Labute approximate surface area is 119 Å². The van der Waals surface area contributed by atoms with E-state index < -0.39 is 0 Å². The average molecular weight is 278 g/mol. The van der Waals surface area contributed by atoms with Gasteiger partial charge < -0.3 is 14.2 Å². The summed E-state index contributed by atoms with van der Waals surface area (Å²) in [4.78, 5) is 0. The lowest BCUT2D eigenvalue weighted by molar-refractivity contribution is 0.0390. The zero-order chi connectivity index (χ0) is 13.8. The molecule has 5 heteroatoms. The van der Waals surface area contributed by atoms with Crippen LogP contribution in [0.2, 0.25) is 0 Å². The van der Waals surface area contributed by atoms with Crippen LogP contribution in [0.5, 0.6) is 11.5 Å². The van der Waals surface area contributed by atoms with Gasteiger partial charge in [-0.2, -0.15) is 0 Å². The number of benzene rings is 1. The molecule has 3 rings (SSSR count). The molecule has 1 aromatic rings. The van der Waals surface area contributed by atoms with Gasteiger partial charge in [0, 0.05) is 18.9 Å². The topological polar surface area (TPSA) is 65.7 Å². The number of rotatable bonds is 3. The first kappa shape index (κ1) is 13.7. The molecular weight excluding hydrogens is 256 g/mol. The number of nitrogens with two attached hydrogens (primary N) is 1. The summed E-state index contributed by atoms with van der Waals surface area (Å²) in [6.07, 6.45) is 3.13. The Kier molecular flexibility index (Phi) is 4.40. The highest BCUT2D eigenvalue weighted by Gasteiger charge is 2.26. The van der Waals surface area contributed by atoms with Gasteiger partial charge in [-0.25, -0.2) is 0 Å². The minimum absolute atomic E-state index is 0.0902. The summed E-state index contributed by atoms with van der Waals surface area (Å²) >= 11 is 0. The summed E-state index contributed by atoms with van der Waals surface area (Å²) in [7, 11) is 0. The maximum atomic E-state index is 5.76. The lowest BCUT2D eigenvalue weighted by Crippen LogP contribution is -2.37. The average Bonchev–Trinajstić information content (AvgIpc) is 2.74. The molecular formula is C15H22N2O3. The standard InChI is InChI=1S/C15H22N2O3/c16-17-15(12-3-1-6-18-10-12)11-4-5-13-14(9-11)20-8-2-7-19-13/h4-5,9,12,15,17H,1-3,6-8,10,16H2. The van der Waals surface area contributed by atoms with Gasteiger partial charge in [0.05, 0.1) is 25.9 Å². The smallest absolute Gasteiger partial charge is 0.161 e. The Morgan fingerprint density at radius 3 is 2.70 bits per heavy atom. The maximum Gasteiger partial charge on any atom is 0.161 e. The molecule has 0 amide bonds. The molecule has 2 heterocycles. The van der Waals surface area contributed by atoms with Crippen molar-refractivity contribution in [2.75, 3.05) is 26.4 Å². The Morgan fingerprint density at radius 1 is 1.10 bits per heavy atom. The van der Waals surface area contributed by atoms with Gasteiger partial charge in [0.15, 0.2) is 11.5 Å². The van der Waals surface area contributed by atoms with E-state index in [-0.39, 0.29) is 6.04 Å². The van der Waals surface area contributed by atoms with Crippen LogP contribution >= 0.6 is 0 Å². The van der Waals surface area contributed by atoms with Crippen LogP contribution in [0.15, 0.2) is 18.2 Å². The highest BCUT2D eigenvalue weighted by atomic mass is 16.5. The van der Waals surface area contributed by atoms with E-state index in [2.05, 4.69) is 11.5 Å². The first-order chi connectivity index (χ1) is 9.88. The monoisotopic (exact) mass is 278 g/mol. The molecule has 0 saturated carbocycles. The number of hydrogen-bond donors (Lipinski definition) is 2. The van der Waals surface area contributed by atoms with Crippen LogP contribution in [-0.2, 0) is 4.74 Å². The minimum Gasteiger partial charge on any atom is -0.490 e. The molecule has 0 bridgehead atoms. The number of fused-ring (bicyclic) bond motifs is 1. The van der Waals surface area contributed by atoms with Crippen LogP contribution in [0, 0.1) is 5.92 Å². The lowest BCUT2D eigenvalue weighted by Gasteiger charge is -2.30. The third-order valence-corrected chi connectivity index (χ3v) is 3.98. The number of hydrogen-bond acceptors (Lipinski definition) is 5. The molecule has 2 unspecified atom stereocenters. The fourth-order valence-corrected chi connectivity index (χ4v) is 2.91. The lowest BCUT2D eigenvalue weighted by atomic mass is 9.89. The summed E-state index contributed by atoms with van der Waals surface area (Å²) in [6, 6.07) is 6.17. The fraction of sp³-hybridized carbons (Fsp3) is 0.600. The third-order valence-electron chi connectivity index (χ3n) is 3.98. The molecule has 0 aliphatic carbocycles. The van der Waals surface area contributed by atoms with Crippen molar-refractivity contribution < 1.29 is 14.2 Å². The van der Waals surface area contributed by atoms with Crippen LogP contribution in [0.3, 0.4) is 0 Å². The van der Waals surface area contributed by atoms with Crippen LogP contribution in [0.4, 0.5) is 0 Å². The van der Waals surface area contributed by atoms with Gasteiger partial charge in [0.1, 0.15) is 0 Å². The number of ether oxygens (including phenoxy) is 3. The maximum absolute atomic E-state index is 5.76. The van der Waals surface area contributed by atoms with Crippen molar-refractivity contribution in [3.05, 3.63) is 23.8 Å². The van der Waals surface area contributed by atoms with Crippen molar-refractivity contribution >= 4 is 0 Å². The van der Waals surface area contributed by atoms with Crippen molar-refractivity contribution in [1.82, 2.24) is 5.43 Å². The van der Waals surface area contributed by atoms with Crippen molar-refractivity contribution in [2.45, 2.75) is 25.3 Å². The summed E-state index contributed by atoms with van der Waals surface area (Å²) in [5.74, 6) is 7.80. The van der Waals surface area contributed by atoms with Crippen LogP contribution in [0.1, 0.15) is 30.9 Å². The van der Waals surface area contributed by atoms with E-state index in [1.54, 1.807) is 0 Å². The minimum atomic E-state index is 0.0902. The molecule has 110 valence electrons. The van der Waals surface area contributed by atoms with Gasteiger partial charge in [-0.15, -0.1) is 0 Å². The highest BCUT2D eigenvalue weighted by Crippen LogP contribution is 2.35. The van der Waals surface area contributed by atoms with Crippen LogP contribution in [0.25, 0.3) is 0 Å². The van der Waals surface area contributed by atoms with Gasteiger partial charge in [-0.05, 0) is 30.5 Å². The molecule has 0 radical (unpaired) electrons. The third kappa shape index (κ3) is 2.90. The first-order valence-electron chi connectivity index (χ1n) is 7.32. The van der Waals surface area contributed by atoms with Gasteiger partial charge in [-0.1, -0.05) is 6.07 Å². The van der Waals surface area contributed by atoms with E-state index >= 15 is 0 Å². The van der Waals surface area contributed by atoms with Gasteiger partial charge in [-0.3, -0.25) is 11.3 Å². The van der Waals surface area contributed by atoms with E-state index in [0.29, 0.717) is 19.1 Å². The largest absolute Gasteiger partial charge is 0.490 e. The zero-order valence-electron chi connectivity index (χ0n) is 11.6. The molecule has 5 nitrogen and oxygen atoms in total. The second-order valence-corrected chi connectivity index (χ2v) is 5.38. The summed E-state index contributed by atoms with van der Waals surface area (Å²) in [5.41, 5.74) is 4.07. The molecule has 1 fully saturated rings. The summed E-state index contributed by atoms with van der Waals surface area (Å²) in [6.45, 7) is 3.02. The molecule has 20 heavy (non-hydrogen) atoms. The Balaban J connectivity index is 1.82. The second kappa shape index (κ2) is 6.43. The quantitative estimate of drug-likeness (QED) is 0.651. The van der Waals surface area contributed by atoms with Gasteiger partial charge in [0.2, 0.25) is 0 Å². The second-order valence-electron chi connectivity index (χ2n) is 5.38. The summed E-state index contributed by atoms with van der Waals surface area (Å²) < 4.78 is 17.0. The molecule has 2 atom stereocenters. The van der Waals surface area contributed by atoms with E-state index in [9.17, 15) is 0 Å². The highest BCUT2D eigenvalue weighted by molar-refractivity contribution is 5.44. The Bertz CT molecular complexity index is 447. The van der Waals surface area contributed by atoms with Gasteiger partial charge in [0.25, 0.3) is 0 Å². The molecule has 0 spiro atoms. The van der Waals surface area contributed by atoms with E-state index in [4.69, 9.17) is 20.1 Å². The van der Waals surface area contributed by atoms with Crippen LogP contribution in [-0.4, -0.2) is 26.4 Å². The van der Waals surface area contributed by atoms with Crippen molar-refractivity contribution in [2.24, 2.45) is 11.8 Å². The molecule has 2 aliphatic heterocycles.